The monoisotopic (exact) mass is 445 g/mol. The molecule has 1 aromatic carbocycles. The number of hydrogen-bond acceptors (Lipinski definition) is 8. The Labute approximate surface area is 185 Å². The largest absolute Gasteiger partial charge is 0.396 e. The fourth-order valence-corrected chi connectivity index (χ4v) is 2.83. The molecule has 2 aromatic rings. The Hall–Kier alpha value is -3.60. The smallest absolute Gasteiger partial charge is 0.183 e. The van der Waals surface area contributed by atoms with Crippen molar-refractivity contribution in [2.24, 2.45) is 33.4 Å². The zero-order chi connectivity index (χ0) is 23.7. The SMILES string of the molecule is CCC(C=C(N)c1ncc(F)c(NC(/C(=N/N)NN)C(C)C)n1)=NCc1ccccc1F. The maximum absolute atomic E-state index is 14.4. The van der Waals surface area contributed by atoms with Crippen molar-refractivity contribution >= 4 is 23.1 Å². The summed E-state index contributed by atoms with van der Waals surface area (Å²) in [5.41, 5.74) is 9.82. The van der Waals surface area contributed by atoms with Crippen LogP contribution in [0.4, 0.5) is 14.6 Å². The Morgan fingerprint density at radius 3 is 2.53 bits per heavy atom. The van der Waals surface area contributed by atoms with Gasteiger partial charge in [0.15, 0.2) is 23.3 Å². The molecule has 2 rings (SSSR count). The van der Waals surface area contributed by atoms with E-state index in [1.54, 1.807) is 24.3 Å². The van der Waals surface area contributed by atoms with Crippen molar-refractivity contribution in [1.82, 2.24) is 15.4 Å². The summed E-state index contributed by atoms with van der Waals surface area (Å²) < 4.78 is 28.2. The first-order valence-corrected chi connectivity index (χ1v) is 10.1. The Bertz CT molecular complexity index is 1000. The fourth-order valence-electron chi connectivity index (χ4n) is 2.83. The van der Waals surface area contributed by atoms with Crippen molar-refractivity contribution in [3.63, 3.8) is 0 Å². The number of amidine groups is 1. The molecule has 9 nitrogen and oxygen atoms in total. The minimum Gasteiger partial charge on any atom is -0.396 e. The Kier molecular flexibility index (Phi) is 9.02. The van der Waals surface area contributed by atoms with Gasteiger partial charge in [-0.3, -0.25) is 4.99 Å². The second kappa shape index (κ2) is 11.7. The van der Waals surface area contributed by atoms with Crippen LogP contribution in [-0.4, -0.2) is 27.6 Å². The summed E-state index contributed by atoms with van der Waals surface area (Å²) in [5.74, 6) is 10.0. The minimum absolute atomic E-state index is 0.0451. The van der Waals surface area contributed by atoms with E-state index in [1.165, 1.54) is 6.07 Å². The first kappa shape index (κ1) is 24.7. The number of nitrogens with zero attached hydrogens (tertiary/aromatic N) is 4. The lowest BCUT2D eigenvalue weighted by atomic mass is 10.0. The molecule has 1 heterocycles. The molecule has 1 aromatic heterocycles. The highest BCUT2D eigenvalue weighted by atomic mass is 19.1. The molecule has 1 atom stereocenters. The molecule has 0 aliphatic carbocycles. The van der Waals surface area contributed by atoms with E-state index >= 15 is 0 Å². The number of hydrogen-bond donors (Lipinski definition) is 5. The summed E-state index contributed by atoms with van der Waals surface area (Å²) in [6, 6.07) is 5.89. The molecule has 0 aliphatic rings. The number of aromatic nitrogens is 2. The lowest BCUT2D eigenvalue weighted by Gasteiger charge is -2.24. The van der Waals surface area contributed by atoms with Gasteiger partial charge in [0.1, 0.15) is 5.82 Å². The van der Waals surface area contributed by atoms with E-state index in [2.05, 4.69) is 30.8 Å². The third-order valence-electron chi connectivity index (χ3n) is 4.64. The highest BCUT2D eigenvalue weighted by Crippen LogP contribution is 2.17. The second-order valence-corrected chi connectivity index (χ2v) is 7.27. The lowest BCUT2D eigenvalue weighted by molar-refractivity contribution is 0.584. The molecule has 0 saturated heterocycles. The highest BCUT2D eigenvalue weighted by molar-refractivity contribution is 5.99. The number of nitrogens with one attached hydrogen (secondary N) is 2. The summed E-state index contributed by atoms with van der Waals surface area (Å²) in [5, 5.41) is 6.52. The van der Waals surface area contributed by atoms with Crippen molar-refractivity contribution < 1.29 is 8.78 Å². The van der Waals surface area contributed by atoms with Crippen LogP contribution in [0.3, 0.4) is 0 Å². The zero-order valence-corrected chi connectivity index (χ0v) is 18.3. The summed E-state index contributed by atoms with van der Waals surface area (Å²) in [6.45, 7) is 5.82. The molecular formula is C21H29F2N9. The van der Waals surface area contributed by atoms with Crippen LogP contribution in [0, 0.1) is 17.6 Å². The van der Waals surface area contributed by atoms with Crippen molar-refractivity contribution in [1.29, 1.82) is 0 Å². The van der Waals surface area contributed by atoms with Gasteiger partial charge in [0.25, 0.3) is 0 Å². The van der Waals surface area contributed by atoms with E-state index in [-0.39, 0.29) is 41.5 Å². The Morgan fingerprint density at radius 2 is 1.94 bits per heavy atom. The van der Waals surface area contributed by atoms with Gasteiger partial charge in [-0.25, -0.2) is 24.6 Å². The molecule has 8 N–H and O–H groups in total. The Balaban J connectivity index is 2.29. The maximum atomic E-state index is 14.4. The van der Waals surface area contributed by atoms with Gasteiger partial charge in [0, 0.05) is 11.3 Å². The molecule has 0 bridgehead atoms. The molecule has 32 heavy (non-hydrogen) atoms. The van der Waals surface area contributed by atoms with E-state index in [9.17, 15) is 8.78 Å². The van der Waals surface area contributed by atoms with Gasteiger partial charge >= 0.3 is 0 Å². The average molecular weight is 446 g/mol. The number of nitrogens with two attached hydrogens (primary N) is 3. The minimum atomic E-state index is -0.676. The number of hydrazine groups is 1. The lowest BCUT2D eigenvalue weighted by Crippen LogP contribution is -2.47. The van der Waals surface area contributed by atoms with Crippen LogP contribution < -0.4 is 28.2 Å². The summed E-state index contributed by atoms with van der Waals surface area (Å²) in [6.07, 6.45) is 3.15. The van der Waals surface area contributed by atoms with Gasteiger partial charge in [0.2, 0.25) is 0 Å². The predicted molar refractivity (Wildman–Crippen MR) is 123 cm³/mol. The van der Waals surface area contributed by atoms with Crippen molar-refractivity contribution in [3.05, 3.63) is 59.6 Å². The molecule has 0 fully saturated rings. The zero-order valence-electron chi connectivity index (χ0n) is 18.3. The number of allylic oxidation sites excluding steroid dienone is 1. The van der Waals surface area contributed by atoms with E-state index in [0.29, 0.717) is 17.7 Å². The first-order chi connectivity index (χ1) is 15.3. The summed E-state index contributed by atoms with van der Waals surface area (Å²) in [7, 11) is 0. The normalized spacial score (nSPS) is 13.9. The molecule has 0 aliphatic heterocycles. The molecule has 0 spiro atoms. The molecule has 0 amide bonds. The van der Waals surface area contributed by atoms with E-state index < -0.39 is 11.9 Å². The Morgan fingerprint density at radius 1 is 1.22 bits per heavy atom. The van der Waals surface area contributed by atoms with Crippen LogP contribution in [-0.2, 0) is 6.54 Å². The maximum Gasteiger partial charge on any atom is 0.183 e. The number of benzene rings is 1. The number of aliphatic imine (C=N–C) groups is 1. The van der Waals surface area contributed by atoms with Gasteiger partial charge < -0.3 is 22.3 Å². The quantitative estimate of drug-likeness (QED) is 0.172. The van der Waals surface area contributed by atoms with Crippen LogP contribution in [0.2, 0.25) is 0 Å². The number of hydrazone groups is 1. The van der Waals surface area contributed by atoms with Gasteiger partial charge in [-0.05, 0) is 24.5 Å². The van der Waals surface area contributed by atoms with Crippen LogP contribution >= 0.6 is 0 Å². The first-order valence-electron chi connectivity index (χ1n) is 10.1. The molecular weight excluding hydrogens is 416 g/mol. The molecule has 0 saturated carbocycles. The predicted octanol–water partition coefficient (Wildman–Crippen LogP) is 2.28. The second-order valence-electron chi connectivity index (χ2n) is 7.27. The van der Waals surface area contributed by atoms with E-state index in [1.807, 2.05) is 20.8 Å². The molecule has 11 heteroatoms. The third-order valence-corrected chi connectivity index (χ3v) is 4.64. The standard InChI is InChI=1S/C21H29F2N9/c1-4-14(27-10-13-7-5-6-8-15(13)22)9-17(24)20-28-11-16(23)19(30-20)29-18(12(2)3)21(31-25)32-26/h5-9,11-12,18H,4,10,24-26H2,1-3H3,(H,31,32)(H,28,29,30). The van der Waals surface area contributed by atoms with Crippen LogP contribution in [0.15, 0.2) is 46.6 Å². The third kappa shape index (κ3) is 6.45. The van der Waals surface area contributed by atoms with Crippen LogP contribution in [0.5, 0.6) is 0 Å². The van der Waals surface area contributed by atoms with E-state index in [4.69, 9.17) is 17.4 Å². The van der Waals surface area contributed by atoms with Crippen molar-refractivity contribution in [2.75, 3.05) is 5.32 Å². The number of anilines is 1. The van der Waals surface area contributed by atoms with Crippen LogP contribution in [0.1, 0.15) is 38.6 Å². The van der Waals surface area contributed by atoms with E-state index in [0.717, 1.165) is 6.20 Å². The van der Waals surface area contributed by atoms with Crippen molar-refractivity contribution in [3.8, 4) is 0 Å². The number of halogens is 2. The summed E-state index contributed by atoms with van der Waals surface area (Å²) in [4.78, 5) is 12.6. The van der Waals surface area contributed by atoms with Gasteiger partial charge in [-0.15, -0.1) is 0 Å². The molecule has 172 valence electrons. The topological polar surface area (TPSA) is 153 Å². The molecule has 1 unspecified atom stereocenters. The molecule has 0 radical (unpaired) electrons. The van der Waals surface area contributed by atoms with Gasteiger partial charge in [-0.1, -0.05) is 39.0 Å². The average Bonchev–Trinajstić information content (AvgIpc) is 2.78. The van der Waals surface area contributed by atoms with Gasteiger partial charge in [0.05, 0.1) is 24.5 Å². The van der Waals surface area contributed by atoms with Crippen molar-refractivity contribution in [2.45, 2.75) is 39.8 Å². The fraction of sp³-hybridized carbons (Fsp3) is 0.333. The number of rotatable bonds is 9. The van der Waals surface area contributed by atoms with Crippen LogP contribution in [0.25, 0.3) is 5.70 Å². The highest BCUT2D eigenvalue weighted by Gasteiger charge is 2.22. The van der Waals surface area contributed by atoms with Gasteiger partial charge in [-0.2, -0.15) is 5.10 Å². The summed E-state index contributed by atoms with van der Waals surface area (Å²) >= 11 is 0.